The lowest BCUT2D eigenvalue weighted by Crippen LogP contribution is -2.53. The molecular weight excluding hydrogens is 258 g/mol. The van der Waals surface area contributed by atoms with E-state index < -0.39 is 5.97 Å². The molecule has 5 nitrogen and oxygen atoms in total. The molecular formula is C15H19NO4. The van der Waals surface area contributed by atoms with E-state index in [0.29, 0.717) is 6.42 Å². The predicted molar refractivity (Wildman–Crippen MR) is 70.5 cm³/mol. The summed E-state index contributed by atoms with van der Waals surface area (Å²) >= 11 is 0. The Hall–Kier alpha value is -1.65. The van der Waals surface area contributed by atoms with Crippen LogP contribution in [0.4, 0.5) is 0 Å². The molecule has 1 aliphatic heterocycles. The fraction of sp³-hybridized carbons (Fsp3) is 0.667. The van der Waals surface area contributed by atoms with Gasteiger partial charge in [-0.05, 0) is 23.2 Å². The van der Waals surface area contributed by atoms with Crippen LogP contribution < -0.4 is 0 Å². The molecule has 1 saturated heterocycles. The Balaban J connectivity index is 1.88. The predicted octanol–water partition coefficient (Wildman–Crippen LogP) is 1.44. The van der Waals surface area contributed by atoms with Gasteiger partial charge in [0.05, 0.1) is 12.3 Å². The number of allylic oxidation sites excluding steroid dienone is 2. The van der Waals surface area contributed by atoms with Crippen molar-refractivity contribution in [2.24, 2.45) is 22.7 Å². The molecule has 0 radical (unpaired) electrons. The topological polar surface area (TPSA) is 74.7 Å². The Kier molecular flexibility index (Phi) is 2.62. The van der Waals surface area contributed by atoms with E-state index in [1.165, 1.54) is 4.90 Å². The minimum absolute atomic E-state index is 0.00721. The number of fused-ring (bicyclic) bond motifs is 5. The first-order valence-corrected chi connectivity index (χ1v) is 7.03. The summed E-state index contributed by atoms with van der Waals surface area (Å²) in [7, 11) is 0. The summed E-state index contributed by atoms with van der Waals surface area (Å²) in [6, 6.07) is 0. The number of hydrogen-bond donors (Lipinski definition) is 1. The van der Waals surface area contributed by atoms with Gasteiger partial charge in [0.15, 0.2) is 0 Å². The average Bonchev–Trinajstić information content (AvgIpc) is 2.75. The normalized spacial score (nSPS) is 42.2. The van der Waals surface area contributed by atoms with Crippen molar-refractivity contribution in [2.45, 2.75) is 33.1 Å². The molecule has 2 fully saturated rings. The highest BCUT2D eigenvalue weighted by molar-refractivity contribution is 6.00. The molecule has 20 heavy (non-hydrogen) atoms. The van der Waals surface area contributed by atoms with Crippen molar-refractivity contribution >= 4 is 17.8 Å². The van der Waals surface area contributed by atoms with E-state index in [2.05, 4.69) is 26.0 Å². The zero-order valence-electron chi connectivity index (χ0n) is 11.8. The molecule has 0 spiro atoms. The highest BCUT2D eigenvalue weighted by Gasteiger charge is 2.64. The monoisotopic (exact) mass is 277 g/mol. The van der Waals surface area contributed by atoms with Gasteiger partial charge in [0, 0.05) is 13.0 Å². The van der Waals surface area contributed by atoms with Crippen molar-refractivity contribution in [2.75, 3.05) is 6.54 Å². The second-order valence-corrected chi connectivity index (χ2v) is 6.84. The van der Waals surface area contributed by atoms with Crippen LogP contribution in [0.5, 0.6) is 0 Å². The molecule has 2 aliphatic carbocycles. The van der Waals surface area contributed by atoms with Crippen molar-refractivity contribution in [3.05, 3.63) is 12.2 Å². The molecule has 0 aromatic heterocycles. The Morgan fingerprint density at radius 1 is 1.35 bits per heavy atom. The van der Waals surface area contributed by atoms with Crippen LogP contribution in [0.1, 0.15) is 33.1 Å². The summed E-state index contributed by atoms with van der Waals surface area (Å²) < 4.78 is 0. The molecule has 1 saturated carbocycles. The number of imide groups is 1. The molecule has 2 amide bonds. The first-order valence-electron chi connectivity index (χ1n) is 7.03. The molecule has 3 aliphatic rings. The fourth-order valence-corrected chi connectivity index (χ4v) is 4.46. The van der Waals surface area contributed by atoms with E-state index in [1.807, 2.05) is 0 Å². The van der Waals surface area contributed by atoms with E-state index in [4.69, 9.17) is 5.11 Å². The van der Waals surface area contributed by atoms with Crippen molar-refractivity contribution in [3.63, 3.8) is 0 Å². The van der Waals surface area contributed by atoms with Crippen molar-refractivity contribution < 1.29 is 19.5 Å². The molecule has 3 rings (SSSR count). The van der Waals surface area contributed by atoms with Gasteiger partial charge in [0.2, 0.25) is 11.8 Å². The van der Waals surface area contributed by atoms with Gasteiger partial charge in [0.25, 0.3) is 0 Å². The summed E-state index contributed by atoms with van der Waals surface area (Å²) in [5, 5.41) is 8.74. The molecule has 4 unspecified atom stereocenters. The van der Waals surface area contributed by atoms with Gasteiger partial charge < -0.3 is 5.11 Å². The SMILES string of the molecule is CC12C=CC(C)(C1)C1C(=O)N(CCC(=O)O)C(=O)CC12. The zero-order valence-corrected chi connectivity index (χ0v) is 11.8. The van der Waals surface area contributed by atoms with Crippen molar-refractivity contribution in [1.82, 2.24) is 4.90 Å². The number of carbonyl (C=O) groups is 3. The second-order valence-electron chi connectivity index (χ2n) is 6.84. The number of hydrogen-bond acceptors (Lipinski definition) is 3. The first kappa shape index (κ1) is 13.3. The summed E-state index contributed by atoms with van der Waals surface area (Å²) in [5.74, 6) is -1.49. The van der Waals surface area contributed by atoms with E-state index >= 15 is 0 Å². The van der Waals surface area contributed by atoms with Crippen LogP contribution in [0, 0.1) is 22.7 Å². The fourth-order valence-electron chi connectivity index (χ4n) is 4.46. The minimum atomic E-state index is -0.987. The highest BCUT2D eigenvalue weighted by atomic mass is 16.4. The lowest BCUT2D eigenvalue weighted by molar-refractivity contribution is -0.157. The number of rotatable bonds is 3. The van der Waals surface area contributed by atoms with Gasteiger partial charge in [0.1, 0.15) is 0 Å². The van der Waals surface area contributed by atoms with Gasteiger partial charge in [-0.1, -0.05) is 26.0 Å². The standard InChI is InChI=1S/C15H19NO4/c1-14-4-5-15(2,8-14)12-9(14)7-10(17)16(13(12)20)6-3-11(18)19/h4-5,9,12H,3,6-8H2,1-2H3,(H,18,19). The van der Waals surface area contributed by atoms with E-state index in [-0.39, 0.29) is 47.4 Å². The third-order valence-corrected chi connectivity index (χ3v) is 5.34. The third kappa shape index (κ3) is 1.65. The number of aliphatic carboxylic acids is 1. The number of nitrogens with zero attached hydrogens (tertiary/aromatic N) is 1. The summed E-state index contributed by atoms with van der Waals surface area (Å²) in [5.41, 5.74) is -0.248. The average molecular weight is 277 g/mol. The maximum Gasteiger partial charge on any atom is 0.305 e. The maximum absolute atomic E-state index is 12.6. The molecule has 5 heteroatoms. The second kappa shape index (κ2) is 3.93. The van der Waals surface area contributed by atoms with Gasteiger partial charge >= 0.3 is 5.97 Å². The van der Waals surface area contributed by atoms with Crippen LogP contribution in [-0.2, 0) is 14.4 Å². The highest BCUT2D eigenvalue weighted by Crippen LogP contribution is 2.65. The van der Waals surface area contributed by atoms with Gasteiger partial charge in [-0.2, -0.15) is 0 Å². The van der Waals surface area contributed by atoms with Gasteiger partial charge in [-0.15, -0.1) is 0 Å². The van der Waals surface area contributed by atoms with Crippen molar-refractivity contribution in [3.8, 4) is 0 Å². The zero-order chi connectivity index (χ0) is 14.7. The Labute approximate surface area is 117 Å². The molecule has 2 bridgehead atoms. The molecule has 108 valence electrons. The van der Waals surface area contributed by atoms with E-state index in [0.717, 1.165) is 6.42 Å². The van der Waals surface area contributed by atoms with Crippen LogP contribution in [0.25, 0.3) is 0 Å². The lowest BCUT2D eigenvalue weighted by atomic mass is 9.67. The van der Waals surface area contributed by atoms with Crippen molar-refractivity contribution in [1.29, 1.82) is 0 Å². The number of likely N-dealkylation sites (tertiary alicyclic amines) is 1. The van der Waals surface area contributed by atoms with E-state index in [1.54, 1.807) is 0 Å². The van der Waals surface area contributed by atoms with Crippen LogP contribution in [0.2, 0.25) is 0 Å². The number of carbonyl (C=O) groups excluding carboxylic acids is 2. The summed E-state index contributed by atoms with van der Waals surface area (Å²) in [4.78, 5) is 36.6. The van der Waals surface area contributed by atoms with Crippen LogP contribution in [0.15, 0.2) is 12.2 Å². The molecule has 4 atom stereocenters. The number of carboxylic acids is 1. The molecule has 1 heterocycles. The lowest BCUT2D eigenvalue weighted by Gasteiger charge is -2.42. The maximum atomic E-state index is 12.6. The van der Waals surface area contributed by atoms with Crippen LogP contribution in [0.3, 0.4) is 0 Å². The number of amides is 2. The van der Waals surface area contributed by atoms with Crippen LogP contribution in [-0.4, -0.2) is 34.3 Å². The largest absolute Gasteiger partial charge is 0.481 e. The third-order valence-electron chi connectivity index (χ3n) is 5.34. The van der Waals surface area contributed by atoms with E-state index in [9.17, 15) is 14.4 Å². The summed E-state index contributed by atoms with van der Waals surface area (Å²) in [6.07, 6.45) is 5.34. The van der Waals surface area contributed by atoms with Crippen LogP contribution >= 0.6 is 0 Å². The molecule has 0 aromatic carbocycles. The Bertz CT molecular complexity index is 540. The smallest absolute Gasteiger partial charge is 0.305 e. The Morgan fingerprint density at radius 2 is 2.00 bits per heavy atom. The quantitative estimate of drug-likeness (QED) is 0.625. The minimum Gasteiger partial charge on any atom is -0.481 e. The Morgan fingerprint density at radius 3 is 2.65 bits per heavy atom. The molecule has 1 N–H and O–H groups in total. The number of piperidine rings is 1. The first-order chi connectivity index (χ1) is 9.27. The van der Waals surface area contributed by atoms with Gasteiger partial charge in [-0.3, -0.25) is 19.3 Å². The number of carboxylic acid groups (broad SMARTS) is 1. The molecule has 0 aromatic rings. The summed E-state index contributed by atoms with van der Waals surface area (Å²) in [6.45, 7) is 4.18. The van der Waals surface area contributed by atoms with Gasteiger partial charge in [-0.25, -0.2) is 0 Å².